The van der Waals surface area contributed by atoms with Crippen LogP contribution in [0.4, 0.5) is 0 Å². The fraction of sp³-hybridized carbons (Fsp3) is 1.00. The molecule has 0 fully saturated rings. The summed E-state index contributed by atoms with van der Waals surface area (Å²) in [5, 5.41) is 0. The molecular weight excluding hydrogens is 258 g/mol. The van der Waals surface area contributed by atoms with E-state index < -0.39 is 21.8 Å². The molecule has 0 saturated carbocycles. The minimum atomic E-state index is -2.70. The third kappa shape index (κ3) is 8.05. The lowest BCUT2D eigenvalue weighted by molar-refractivity contribution is -0.130. The van der Waals surface area contributed by atoms with Crippen LogP contribution >= 0.6 is 16.1 Å². The Morgan fingerprint density at radius 2 is 1.53 bits per heavy atom. The van der Waals surface area contributed by atoms with Crippen LogP contribution in [0.2, 0.25) is 0 Å². The van der Waals surface area contributed by atoms with Crippen LogP contribution in [0.25, 0.3) is 0 Å². The van der Waals surface area contributed by atoms with E-state index >= 15 is 0 Å². The molecule has 0 amide bonds. The smallest absolute Gasteiger partial charge is 0.295 e. The predicted octanol–water partition coefficient (Wildman–Crippen LogP) is 4.55. The van der Waals surface area contributed by atoms with Gasteiger partial charge in [-0.2, -0.15) is 0 Å². The summed E-state index contributed by atoms with van der Waals surface area (Å²) in [4.78, 5) is 0. The van der Waals surface area contributed by atoms with Gasteiger partial charge in [0.25, 0.3) is 0 Å². The maximum atomic E-state index is 11.9. The molecule has 0 heterocycles. The summed E-state index contributed by atoms with van der Waals surface area (Å²) in [6.45, 7) is 11.2. The Kier molecular flexibility index (Phi) is 7.09. The Labute approximate surface area is 106 Å². The normalized spacial score (nSPS) is 13.9. The summed E-state index contributed by atoms with van der Waals surface area (Å²) in [5.41, 5.74) is 0. The SMILES string of the molecule is CC(C)CC(CC(C)C)(OP=O)OP(C)(C)=O. The highest BCUT2D eigenvalue weighted by Crippen LogP contribution is 2.48. The average Bonchev–Trinajstić information content (AvgIpc) is 1.95. The second-order valence-electron chi connectivity index (χ2n) is 5.62. The molecule has 0 atom stereocenters. The van der Waals surface area contributed by atoms with Crippen molar-refractivity contribution in [2.45, 2.75) is 46.3 Å². The first-order valence-electron chi connectivity index (χ1n) is 5.87. The summed E-state index contributed by atoms with van der Waals surface area (Å²) in [5.74, 6) is -0.394. The predicted molar refractivity (Wildman–Crippen MR) is 70.9 cm³/mol. The Balaban J connectivity index is 5.07. The molecule has 6 heteroatoms. The van der Waals surface area contributed by atoms with E-state index in [1.807, 2.05) is 27.7 Å². The van der Waals surface area contributed by atoms with Crippen molar-refractivity contribution in [1.82, 2.24) is 0 Å². The van der Waals surface area contributed by atoms with E-state index in [-0.39, 0.29) is 0 Å². The first-order chi connectivity index (χ1) is 7.60. The zero-order valence-corrected chi connectivity index (χ0v) is 13.4. The molecule has 0 unspecified atom stereocenters. The topological polar surface area (TPSA) is 52.6 Å². The third-order valence-corrected chi connectivity index (χ3v) is 3.21. The van der Waals surface area contributed by atoms with Crippen molar-refractivity contribution in [2.24, 2.45) is 11.8 Å². The summed E-state index contributed by atoms with van der Waals surface area (Å²) < 4.78 is 33.5. The molecule has 4 nitrogen and oxygen atoms in total. The van der Waals surface area contributed by atoms with Crippen LogP contribution in [-0.2, 0) is 18.2 Å². The first kappa shape index (κ1) is 17.2. The van der Waals surface area contributed by atoms with Crippen molar-refractivity contribution in [3.63, 3.8) is 0 Å². The standard InChI is InChI=1S/C11H24O4P2/c1-9(2)7-11(14-16-12,8-10(3)4)15-17(5,6)13/h9-10H,7-8H2,1-6H3. The highest BCUT2D eigenvalue weighted by Gasteiger charge is 2.38. The van der Waals surface area contributed by atoms with Crippen LogP contribution in [0.1, 0.15) is 40.5 Å². The summed E-state index contributed by atoms with van der Waals surface area (Å²) in [7, 11) is -3.13. The van der Waals surface area contributed by atoms with Crippen LogP contribution in [0.15, 0.2) is 0 Å². The van der Waals surface area contributed by atoms with Gasteiger partial charge in [-0.25, -0.2) is 4.57 Å². The summed E-state index contributed by atoms with van der Waals surface area (Å²) >= 11 is 0. The van der Waals surface area contributed by atoms with Crippen molar-refractivity contribution in [1.29, 1.82) is 0 Å². The molecule has 102 valence electrons. The molecule has 0 spiro atoms. The Morgan fingerprint density at radius 3 is 1.76 bits per heavy atom. The van der Waals surface area contributed by atoms with Gasteiger partial charge in [0.1, 0.15) is 0 Å². The highest BCUT2D eigenvalue weighted by atomic mass is 31.2. The minimum absolute atomic E-state index is 0.307. The molecule has 0 aliphatic heterocycles. The van der Waals surface area contributed by atoms with Gasteiger partial charge in [0.2, 0.25) is 0 Å². The zero-order chi connectivity index (χ0) is 13.7. The van der Waals surface area contributed by atoms with Gasteiger partial charge in [0.15, 0.2) is 13.2 Å². The quantitative estimate of drug-likeness (QED) is 0.484. The van der Waals surface area contributed by atoms with Crippen LogP contribution in [0.5, 0.6) is 0 Å². The molecule has 0 aromatic heterocycles. The molecule has 0 aliphatic rings. The second-order valence-corrected chi connectivity index (χ2v) is 8.63. The van der Waals surface area contributed by atoms with Crippen molar-refractivity contribution < 1.29 is 18.2 Å². The van der Waals surface area contributed by atoms with Crippen molar-refractivity contribution >= 4 is 16.1 Å². The fourth-order valence-electron chi connectivity index (χ4n) is 1.96. The van der Waals surface area contributed by atoms with E-state index in [9.17, 15) is 9.13 Å². The zero-order valence-electron chi connectivity index (χ0n) is 11.6. The maximum absolute atomic E-state index is 11.9. The molecule has 0 rings (SSSR count). The van der Waals surface area contributed by atoms with Crippen LogP contribution in [0.3, 0.4) is 0 Å². The van der Waals surface area contributed by atoms with Gasteiger partial charge >= 0.3 is 8.69 Å². The van der Waals surface area contributed by atoms with Crippen LogP contribution in [0, 0.1) is 11.8 Å². The van der Waals surface area contributed by atoms with Gasteiger partial charge in [0, 0.05) is 26.2 Å². The molecule has 0 aliphatic carbocycles. The second kappa shape index (κ2) is 6.99. The van der Waals surface area contributed by atoms with Gasteiger partial charge in [-0.15, -0.1) is 0 Å². The van der Waals surface area contributed by atoms with E-state index in [0.29, 0.717) is 24.7 Å². The van der Waals surface area contributed by atoms with E-state index in [4.69, 9.17) is 9.05 Å². The molecule has 0 radical (unpaired) electrons. The van der Waals surface area contributed by atoms with Gasteiger partial charge in [-0.3, -0.25) is 13.6 Å². The minimum Gasteiger partial charge on any atom is -0.295 e. The molecule has 0 aromatic carbocycles. The molecule has 0 saturated heterocycles. The average molecular weight is 282 g/mol. The van der Waals surface area contributed by atoms with Gasteiger partial charge < -0.3 is 0 Å². The third-order valence-electron chi connectivity index (χ3n) is 2.03. The summed E-state index contributed by atoms with van der Waals surface area (Å²) in [6, 6.07) is 0. The lowest BCUT2D eigenvalue weighted by atomic mass is 9.95. The van der Waals surface area contributed by atoms with Gasteiger partial charge in [-0.1, -0.05) is 27.7 Å². The number of rotatable bonds is 8. The van der Waals surface area contributed by atoms with Gasteiger partial charge in [0.05, 0.1) is 0 Å². The van der Waals surface area contributed by atoms with Crippen molar-refractivity contribution in [3.05, 3.63) is 0 Å². The molecule has 0 N–H and O–H groups in total. The molecule has 0 aromatic rings. The largest absolute Gasteiger partial charge is 0.330 e. The molecular formula is C11H24O4P2. The van der Waals surface area contributed by atoms with E-state index in [2.05, 4.69) is 0 Å². The van der Waals surface area contributed by atoms with Crippen molar-refractivity contribution in [2.75, 3.05) is 13.3 Å². The lowest BCUT2D eigenvalue weighted by Crippen LogP contribution is -2.35. The monoisotopic (exact) mass is 282 g/mol. The van der Waals surface area contributed by atoms with E-state index in [1.54, 1.807) is 13.3 Å². The Bertz CT molecular complexity index is 273. The first-order valence-corrected chi connectivity index (χ1v) is 9.12. The molecule has 0 bridgehead atoms. The Hall–Kier alpha value is 0.250. The maximum Gasteiger partial charge on any atom is 0.330 e. The van der Waals surface area contributed by atoms with E-state index in [1.165, 1.54) is 0 Å². The van der Waals surface area contributed by atoms with Crippen molar-refractivity contribution in [3.8, 4) is 0 Å². The highest BCUT2D eigenvalue weighted by molar-refractivity contribution is 7.57. The number of hydrogen-bond acceptors (Lipinski definition) is 4. The number of hydrogen-bond donors (Lipinski definition) is 0. The fourth-order valence-corrected chi connectivity index (χ4v) is 3.33. The Morgan fingerprint density at radius 1 is 1.12 bits per heavy atom. The summed E-state index contributed by atoms with van der Waals surface area (Å²) in [6.07, 6.45) is 1.15. The molecule has 17 heavy (non-hydrogen) atoms. The van der Waals surface area contributed by atoms with Gasteiger partial charge in [-0.05, 0) is 11.8 Å². The van der Waals surface area contributed by atoms with E-state index in [0.717, 1.165) is 0 Å². The van der Waals surface area contributed by atoms with Crippen LogP contribution < -0.4 is 0 Å². The van der Waals surface area contributed by atoms with Crippen LogP contribution in [-0.4, -0.2) is 19.1 Å². The lowest BCUT2D eigenvalue weighted by Gasteiger charge is -2.35.